The third kappa shape index (κ3) is 5.84. The molecule has 0 fully saturated rings. The number of hydrogen-bond donors (Lipinski definition) is 2. The third-order valence-corrected chi connectivity index (χ3v) is 5.24. The molecule has 1 amide bonds. The highest BCUT2D eigenvalue weighted by atomic mass is 79.9. The summed E-state index contributed by atoms with van der Waals surface area (Å²) in [5, 5.41) is 2.76. The maximum atomic E-state index is 12.4. The predicted molar refractivity (Wildman–Crippen MR) is 100 cm³/mol. The van der Waals surface area contributed by atoms with Crippen molar-refractivity contribution in [2.24, 2.45) is 0 Å². The Balaban J connectivity index is 2.08. The average Bonchev–Trinajstić information content (AvgIpc) is 2.59. The zero-order valence-corrected chi connectivity index (χ0v) is 16.1. The second-order valence-electron chi connectivity index (χ2n) is 5.24. The second-order valence-corrected chi connectivity index (χ2v) is 7.84. The lowest BCUT2D eigenvalue weighted by atomic mass is 10.2. The van der Waals surface area contributed by atoms with E-state index < -0.39 is 10.0 Å². The Morgan fingerprint density at radius 2 is 1.88 bits per heavy atom. The molecule has 0 aromatic heterocycles. The fourth-order valence-corrected chi connectivity index (χ4v) is 3.39. The molecule has 134 valence electrons. The summed E-state index contributed by atoms with van der Waals surface area (Å²) in [7, 11) is -2.12. The summed E-state index contributed by atoms with van der Waals surface area (Å²) in [5.41, 5.74) is 0.709. The Morgan fingerprint density at radius 3 is 2.56 bits per heavy atom. The number of anilines is 1. The van der Waals surface area contributed by atoms with Gasteiger partial charge in [-0.3, -0.25) is 9.52 Å². The van der Waals surface area contributed by atoms with Crippen LogP contribution in [0.15, 0.2) is 57.9 Å². The normalized spacial score (nSPS) is 11.1. The van der Waals surface area contributed by atoms with Crippen LogP contribution in [-0.4, -0.2) is 34.6 Å². The standard InChI is InChI=1S/C17H19BrN2O4S/c1-24-11-3-10-19-17(21)13-4-2-5-15(12-13)20-25(22,23)16-8-6-14(18)7-9-16/h2,4-9,12,20H,3,10-11H2,1H3,(H,19,21). The Kier molecular flexibility index (Phi) is 6.98. The fourth-order valence-electron chi connectivity index (χ4n) is 2.07. The summed E-state index contributed by atoms with van der Waals surface area (Å²) in [5.74, 6) is -0.263. The van der Waals surface area contributed by atoms with E-state index in [1.165, 1.54) is 18.2 Å². The van der Waals surface area contributed by atoms with Crippen LogP contribution < -0.4 is 10.0 Å². The lowest BCUT2D eigenvalue weighted by Gasteiger charge is -2.10. The van der Waals surface area contributed by atoms with E-state index in [1.54, 1.807) is 37.4 Å². The molecule has 0 aliphatic carbocycles. The van der Waals surface area contributed by atoms with E-state index in [1.807, 2.05) is 0 Å². The average molecular weight is 427 g/mol. The van der Waals surface area contributed by atoms with Crippen LogP contribution in [0.2, 0.25) is 0 Å². The van der Waals surface area contributed by atoms with Gasteiger partial charge in [-0.1, -0.05) is 22.0 Å². The third-order valence-electron chi connectivity index (χ3n) is 3.31. The van der Waals surface area contributed by atoms with Crippen LogP contribution >= 0.6 is 15.9 Å². The number of nitrogens with one attached hydrogen (secondary N) is 2. The molecule has 0 spiro atoms. The van der Waals surface area contributed by atoms with Crippen molar-refractivity contribution in [1.29, 1.82) is 0 Å². The molecule has 0 bridgehead atoms. The van der Waals surface area contributed by atoms with E-state index in [-0.39, 0.29) is 10.8 Å². The molecule has 0 heterocycles. The zero-order chi connectivity index (χ0) is 18.3. The monoisotopic (exact) mass is 426 g/mol. The van der Waals surface area contributed by atoms with Crippen molar-refractivity contribution >= 4 is 37.5 Å². The molecule has 0 saturated carbocycles. The van der Waals surface area contributed by atoms with Gasteiger partial charge in [-0.2, -0.15) is 0 Å². The Morgan fingerprint density at radius 1 is 1.16 bits per heavy atom. The quantitative estimate of drug-likeness (QED) is 0.635. The number of sulfonamides is 1. The number of carbonyl (C=O) groups excluding carboxylic acids is 1. The number of methoxy groups -OCH3 is 1. The van der Waals surface area contributed by atoms with Crippen LogP contribution in [0.25, 0.3) is 0 Å². The molecule has 2 aromatic carbocycles. The highest BCUT2D eigenvalue weighted by molar-refractivity contribution is 9.10. The summed E-state index contributed by atoms with van der Waals surface area (Å²) in [6.07, 6.45) is 0.706. The first kappa shape index (κ1) is 19.4. The Hall–Kier alpha value is -1.90. The predicted octanol–water partition coefficient (Wildman–Crippen LogP) is 3.02. The minimum absolute atomic E-state index is 0.144. The molecule has 2 aromatic rings. The molecule has 6 nitrogen and oxygen atoms in total. The van der Waals surface area contributed by atoms with Gasteiger partial charge in [-0.15, -0.1) is 0 Å². The molecule has 8 heteroatoms. The van der Waals surface area contributed by atoms with Gasteiger partial charge in [0.2, 0.25) is 0 Å². The van der Waals surface area contributed by atoms with Crippen molar-refractivity contribution in [3.8, 4) is 0 Å². The molecule has 2 rings (SSSR count). The summed E-state index contributed by atoms with van der Waals surface area (Å²) in [6, 6.07) is 12.7. The lowest BCUT2D eigenvalue weighted by molar-refractivity contribution is 0.0948. The van der Waals surface area contributed by atoms with Gasteiger partial charge in [-0.25, -0.2) is 8.42 Å². The van der Waals surface area contributed by atoms with Gasteiger partial charge in [-0.05, 0) is 48.9 Å². The van der Waals surface area contributed by atoms with Crippen molar-refractivity contribution in [3.63, 3.8) is 0 Å². The van der Waals surface area contributed by atoms with Crippen LogP contribution in [0.4, 0.5) is 5.69 Å². The smallest absolute Gasteiger partial charge is 0.261 e. The molecule has 0 unspecified atom stereocenters. The maximum absolute atomic E-state index is 12.4. The molecule has 0 aliphatic rings. The zero-order valence-electron chi connectivity index (χ0n) is 13.7. The van der Waals surface area contributed by atoms with E-state index in [4.69, 9.17) is 4.74 Å². The first-order valence-electron chi connectivity index (χ1n) is 7.58. The van der Waals surface area contributed by atoms with Crippen molar-refractivity contribution in [3.05, 3.63) is 58.6 Å². The number of benzene rings is 2. The number of halogens is 1. The number of rotatable bonds is 8. The SMILES string of the molecule is COCCCNC(=O)c1cccc(NS(=O)(=O)c2ccc(Br)cc2)c1. The van der Waals surface area contributed by atoms with Gasteiger partial charge >= 0.3 is 0 Å². The summed E-state index contributed by atoms with van der Waals surface area (Å²) in [6.45, 7) is 1.05. The molecule has 0 radical (unpaired) electrons. The largest absolute Gasteiger partial charge is 0.385 e. The second kappa shape index (κ2) is 8.98. The fraction of sp³-hybridized carbons (Fsp3) is 0.235. The van der Waals surface area contributed by atoms with Crippen molar-refractivity contribution < 1.29 is 17.9 Å². The minimum atomic E-state index is -3.72. The topological polar surface area (TPSA) is 84.5 Å². The number of amides is 1. The van der Waals surface area contributed by atoms with Crippen LogP contribution in [-0.2, 0) is 14.8 Å². The Labute approximate surface area is 155 Å². The van der Waals surface area contributed by atoms with E-state index in [0.717, 1.165) is 4.47 Å². The van der Waals surface area contributed by atoms with Gasteiger partial charge in [0.25, 0.3) is 15.9 Å². The van der Waals surface area contributed by atoms with E-state index in [9.17, 15) is 13.2 Å². The van der Waals surface area contributed by atoms with Crippen LogP contribution in [0, 0.1) is 0 Å². The van der Waals surface area contributed by atoms with Gasteiger partial charge in [0.1, 0.15) is 0 Å². The van der Waals surface area contributed by atoms with Gasteiger partial charge in [0.05, 0.1) is 4.90 Å². The highest BCUT2D eigenvalue weighted by Gasteiger charge is 2.15. The van der Waals surface area contributed by atoms with Crippen LogP contribution in [0.3, 0.4) is 0 Å². The first-order valence-corrected chi connectivity index (χ1v) is 9.85. The van der Waals surface area contributed by atoms with E-state index in [2.05, 4.69) is 26.0 Å². The first-order chi connectivity index (χ1) is 11.9. The minimum Gasteiger partial charge on any atom is -0.385 e. The number of hydrogen-bond acceptors (Lipinski definition) is 4. The molecule has 0 aliphatic heterocycles. The Bertz CT molecular complexity index is 823. The summed E-state index contributed by atoms with van der Waals surface area (Å²) < 4.78 is 33.0. The summed E-state index contributed by atoms with van der Waals surface area (Å²) in [4.78, 5) is 12.2. The van der Waals surface area contributed by atoms with E-state index >= 15 is 0 Å². The van der Waals surface area contributed by atoms with Crippen LogP contribution in [0.5, 0.6) is 0 Å². The molecule has 2 N–H and O–H groups in total. The maximum Gasteiger partial charge on any atom is 0.261 e. The number of carbonyl (C=O) groups is 1. The van der Waals surface area contributed by atoms with Gasteiger partial charge < -0.3 is 10.1 Å². The highest BCUT2D eigenvalue weighted by Crippen LogP contribution is 2.19. The van der Waals surface area contributed by atoms with Crippen molar-refractivity contribution in [1.82, 2.24) is 5.32 Å². The van der Waals surface area contributed by atoms with Gasteiger partial charge in [0.15, 0.2) is 0 Å². The number of ether oxygens (including phenoxy) is 1. The lowest BCUT2D eigenvalue weighted by Crippen LogP contribution is -2.25. The van der Waals surface area contributed by atoms with E-state index in [0.29, 0.717) is 30.8 Å². The molecule has 0 saturated heterocycles. The van der Waals surface area contributed by atoms with Gasteiger partial charge in [0, 0.05) is 36.0 Å². The molecular formula is C17H19BrN2O4S. The molecule has 0 atom stereocenters. The van der Waals surface area contributed by atoms with Crippen molar-refractivity contribution in [2.75, 3.05) is 25.0 Å². The summed E-state index contributed by atoms with van der Waals surface area (Å²) >= 11 is 3.27. The van der Waals surface area contributed by atoms with Crippen LogP contribution in [0.1, 0.15) is 16.8 Å². The van der Waals surface area contributed by atoms with Crippen molar-refractivity contribution in [2.45, 2.75) is 11.3 Å². The molecular weight excluding hydrogens is 408 g/mol. The molecule has 25 heavy (non-hydrogen) atoms.